The van der Waals surface area contributed by atoms with Crippen LogP contribution in [-0.2, 0) is 0 Å². The van der Waals surface area contributed by atoms with E-state index in [1.807, 2.05) is 0 Å². The second kappa shape index (κ2) is 4.35. The van der Waals surface area contributed by atoms with Crippen LogP contribution >= 0.6 is 11.6 Å². The van der Waals surface area contributed by atoms with Crippen molar-refractivity contribution in [3.05, 3.63) is 46.5 Å². The molecule has 1 aliphatic rings. The van der Waals surface area contributed by atoms with E-state index >= 15 is 0 Å². The highest BCUT2D eigenvalue weighted by Gasteiger charge is 2.29. The first-order chi connectivity index (χ1) is 9.56. The number of hydrogen-bond donors (Lipinski definition) is 1. The number of aromatic hydroxyl groups is 1. The third-order valence-corrected chi connectivity index (χ3v) is 3.68. The van der Waals surface area contributed by atoms with Gasteiger partial charge >= 0.3 is 0 Å². The van der Waals surface area contributed by atoms with Gasteiger partial charge in [0, 0.05) is 10.8 Å². The summed E-state index contributed by atoms with van der Waals surface area (Å²) >= 11 is 6.28. The summed E-state index contributed by atoms with van der Waals surface area (Å²) < 4.78 is 5.21. The van der Waals surface area contributed by atoms with Gasteiger partial charge in [0.15, 0.2) is 11.6 Å². The molecule has 100 valence electrons. The molecule has 0 aromatic heterocycles. The van der Waals surface area contributed by atoms with Crippen molar-refractivity contribution in [2.24, 2.45) is 0 Å². The number of rotatable bonds is 1. The minimum atomic E-state index is -0.441. The molecule has 5 heteroatoms. The van der Waals surface area contributed by atoms with Crippen LogP contribution in [0.25, 0.3) is 10.8 Å². The van der Waals surface area contributed by atoms with Gasteiger partial charge in [-0.05, 0) is 18.2 Å². The molecule has 20 heavy (non-hydrogen) atoms. The first-order valence-corrected chi connectivity index (χ1v) is 6.22. The number of halogens is 1. The second-order valence-electron chi connectivity index (χ2n) is 4.36. The molecule has 0 atom stereocenters. The number of allylic oxidation sites excluding steroid dienone is 2. The lowest BCUT2D eigenvalue weighted by atomic mass is 9.90. The molecular formula is C15H9ClO4. The van der Waals surface area contributed by atoms with Crippen LogP contribution < -0.4 is 4.74 Å². The average Bonchev–Trinajstić information content (AvgIpc) is 2.46. The van der Waals surface area contributed by atoms with E-state index in [4.69, 9.17) is 16.3 Å². The molecule has 4 nitrogen and oxygen atoms in total. The molecule has 0 spiro atoms. The Morgan fingerprint density at radius 3 is 2.40 bits per heavy atom. The van der Waals surface area contributed by atoms with Crippen molar-refractivity contribution in [3.8, 4) is 11.5 Å². The summed E-state index contributed by atoms with van der Waals surface area (Å²) in [5.74, 6) is -0.669. The zero-order chi connectivity index (χ0) is 14.4. The van der Waals surface area contributed by atoms with E-state index in [1.54, 1.807) is 18.2 Å². The van der Waals surface area contributed by atoms with Crippen LogP contribution in [0.4, 0.5) is 0 Å². The molecule has 0 heterocycles. The van der Waals surface area contributed by atoms with Crippen molar-refractivity contribution in [2.75, 3.05) is 7.11 Å². The van der Waals surface area contributed by atoms with E-state index in [-0.39, 0.29) is 21.9 Å². The van der Waals surface area contributed by atoms with Gasteiger partial charge in [0.25, 0.3) is 0 Å². The molecule has 3 rings (SSSR count). The normalized spacial score (nSPS) is 13.7. The van der Waals surface area contributed by atoms with Crippen LogP contribution in [0.5, 0.6) is 11.5 Å². The maximum Gasteiger partial charge on any atom is 0.190 e. The SMILES string of the molecule is COc1cccc2c(O)c3c(c(Cl)c12)C(=O)C=CC3=O. The number of ketones is 2. The summed E-state index contributed by atoms with van der Waals surface area (Å²) in [4.78, 5) is 23.9. The molecule has 0 amide bonds. The number of fused-ring (bicyclic) bond motifs is 2. The summed E-state index contributed by atoms with van der Waals surface area (Å²) in [7, 11) is 1.47. The second-order valence-corrected chi connectivity index (χ2v) is 4.74. The molecule has 0 aliphatic heterocycles. The van der Waals surface area contributed by atoms with E-state index < -0.39 is 11.6 Å². The van der Waals surface area contributed by atoms with Crippen molar-refractivity contribution in [1.29, 1.82) is 0 Å². The Morgan fingerprint density at radius 2 is 1.75 bits per heavy atom. The summed E-state index contributed by atoms with van der Waals surface area (Å²) in [6.07, 6.45) is 2.28. The molecule has 1 N–H and O–H groups in total. The maximum atomic E-state index is 12.0. The van der Waals surface area contributed by atoms with Crippen molar-refractivity contribution in [3.63, 3.8) is 0 Å². The minimum absolute atomic E-state index is 0.0219. The van der Waals surface area contributed by atoms with E-state index in [0.29, 0.717) is 16.5 Å². The smallest absolute Gasteiger partial charge is 0.190 e. The zero-order valence-corrected chi connectivity index (χ0v) is 11.2. The quantitative estimate of drug-likeness (QED) is 0.875. The minimum Gasteiger partial charge on any atom is -0.506 e. The number of phenolic OH excluding ortho intramolecular Hbond substituents is 1. The van der Waals surface area contributed by atoms with Crippen LogP contribution in [0.1, 0.15) is 20.7 Å². The number of ether oxygens (including phenoxy) is 1. The van der Waals surface area contributed by atoms with E-state index in [0.717, 1.165) is 12.2 Å². The molecule has 0 saturated carbocycles. The van der Waals surface area contributed by atoms with Gasteiger partial charge in [-0.25, -0.2) is 0 Å². The Labute approximate surface area is 119 Å². The number of carbonyl (C=O) groups is 2. The highest BCUT2D eigenvalue weighted by Crippen LogP contribution is 2.43. The molecule has 0 radical (unpaired) electrons. The Bertz CT molecular complexity index is 805. The summed E-state index contributed by atoms with van der Waals surface area (Å²) in [6.45, 7) is 0. The van der Waals surface area contributed by atoms with Crippen LogP contribution in [0, 0.1) is 0 Å². The number of methoxy groups -OCH3 is 1. The largest absolute Gasteiger partial charge is 0.506 e. The lowest BCUT2D eigenvalue weighted by molar-refractivity contribution is 0.0992. The lowest BCUT2D eigenvalue weighted by Gasteiger charge is -2.17. The first kappa shape index (κ1) is 12.7. The third-order valence-electron chi connectivity index (χ3n) is 3.31. The highest BCUT2D eigenvalue weighted by molar-refractivity contribution is 6.43. The standard InChI is InChI=1S/C15H9ClO4/c1-20-10-4-2-3-7-11(10)14(16)12-8(17)5-6-9(18)13(12)15(7)19/h2-6,19H,1H3. The fourth-order valence-electron chi connectivity index (χ4n) is 2.40. The predicted molar refractivity (Wildman–Crippen MR) is 75.0 cm³/mol. The van der Waals surface area contributed by atoms with Crippen molar-refractivity contribution >= 4 is 33.9 Å². The molecule has 1 aliphatic carbocycles. The average molecular weight is 289 g/mol. The molecular weight excluding hydrogens is 280 g/mol. The van der Waals surface area contributed by atoms with Crippen molar-refractivity contribution in [2.45, 2.75) is 0 Å². The van der Waals surface area contributed by atoms with Gasteiger partial charge in [0.05, 0.1) is 23.3 Å². The van der Waals surface area contributed by atoms with Gasteiger partial charge in [-0.1, -0.05) is 23.7 Å². The van der Waals surface area contributed by atoms with Gasteiger partial charge in [-0.15, -0.1) is 0 Å². The van der Waals surface area contributed by atoms with Crippen LogP contribution in [0.2, 0.25) is 5.02 Å². The Balaban J connectivity index is 2.56. The van der Waals surface area contributed by atoms with E-state index in [1.165, 1.54) is 7.11 Å². The fraction of sp³-hybridized carbons (Fsp3) is 0.0667. The zero-order valence-electron chi connectivity index (χ0n) is 10.4. The first-order valence-electron chi connectivity index (χ1n) is 5.84. The van der Waals surface area contributed by atoms with Gasteiger partial charge < -0.3 is 9.84 Å². The Kier molecular flexibility index (Phi) is 2.76. The molecule has 2 aromatic carbocycles. The Morgan fingerprint density at radius 1 is 1.10 bits per heavy atom. The molecule has 0 unspecified atom stereocenters. The fourth-order valence-corrected chi connectivity index (χ4v) is 2.78. The topological polar surface area (TPSA) is 63.6 Å². The van der Waals surface area contributed by atoms with Crippen LogP contribution in [0.15, 0.2) is 30.4 Å². The number of hydrogen-bond acceptors (Lipinski definition) is 4. The van der Waals surface area contributed by atoms with Crippen LogP contribution in [-0.4, -0.2) is 23.8 Å². The third kappa shape index (κ3) is 1.55. The highest BCUT2D eigenvalue weighted by atomic mass is 35.5. The lowest BCUT2D eigenvalue weighted by Crippen LogP contribution is -2.13. The van der Waals surface area contributed by atoms with Crippen molar-refractivity contribution < 1.29 is 19.4 Å². The summed E-state index contributed by atoms with van der Waals surface area (Å²) in [6, 6.07) is 4.97. The monoisotopic (exact) mass is 288 g/mol. The Hall–Kier alpha value is -2.33. The summed E-state index contributed by atoms with van der Waals surface area (Å²) in [5.41, 5.74) is -0.0306. The van der Waals surface area contributed by atoms with Gasteiger partial charge in [-0.2, -0.15) is 0 Å². The molecule has 0 fully saturated rings. The van der Waals surface area contributed by atoms with Gasteiger partial charge in [-0.3, -0.25) is 9.59 Å². The van der Waals surface area contributed by atoms with E-state index in [2.05, 4.69) is 0 Å². The predicted octanol–water partition coefficient (Wildman–Crippen LogP) is 3.14. The van der Waals surface area contributed by atoms with Crippen molar-refractivity contribution in [1.82, 2.24) is 0 Å². The number of phenols is 1. The van der Waals surface area contributed by atoms with Gasteiger partial charge in [0.2, 0.25) is 0 Å². The number of benzene rings is 2. The maximum absolute atomic E-state index is 12.0. The number of carbonyl (C=O) groups excluding carboxylic acids is 2. The summed E-state index contributed by atoms with van der Waals surface area (Å²) in [5, 5.41) is 11.2. The molecule has 2 aromatic rings. The van der Waals surface area contributed by atoms with Gasteiger partial charge in [0.1, 0.15) is 11.5 Å². The van der Waals surface area contributed by atoms with E-state index in [9.17, 15) is 14.7 Å². The van der Waals surface area contributed by atoms with Crippen LogP contribution in [0.3, 0.4) is 0 Å². The molecule has 0 bridgehead atoms. The molecule has 0 saturated heterocycles.